The van der Waals surface area contributed by atoms with E-state index in [0.717, 1.165) is 37.8 Å². The van der Waals surface area contributed by atoms with Crippen LogP contribution in [0.15, 0.2) is 22.7 Å². The maximum atomic E-state index is 5.35. The normalized spacial score (nSPS) is 20.5. The van der Waals surface area contributed by atoms with Crippen molar-refractivity contribution < 1.29 is 4.74 Å². The van der Waals surface area contributed by atoms with Crippen molar-refractivity contribution in [2.45, 2.75) is 39.3 Å². The third-order valence-corrected chi connectivity index (χ3v) is 4.74. The Kier molecular flexibility index (Phi) is 6.52. The second kappa shape index (κ2) is 8.16. The summed E-state index contributed by atoms with van der Waals surface area (Å²) in [6.07, 6.45) is 2.46. The van der Waals surface area contributed by atoms with Crippen molar-refractivity contribution in [1.82, 2.24) is 10.2 Å². The molecule has 1 saturated heterocycles. The van der Waals surface area contributed by atoms with E-state index in [9.17, 15) is 0 Å². The molecule has 2 rings (SSSR count). The summed E-state index contributed by atoms with van der Waals surface area (Å²) >= 11 is 3.66. The monoisotopic (exact) mass is 354 g/mol. The highest BCUT2D eigenvalue weighted by molar-refractivity contribution is 9.10. The molecule has 0 bridgehead atoms. The van der Waals surface area contributed by atoms with Gasteiger partial charge in [-0.2, -0.15) is 0 Å². The van der Waals surface area contributed by atoms with Crippen molar-refractivity contribution >= 4 is 15.9 Å². The molecule has 21 heavy (non-hydrogen) atoms. The lowest BCUT2D eigenvalue weighted by Crippen LogP contribution is -2.38. The standard InChI is InChI=1S/C17H27BrN2O/c1-13(2)9-15-12-20(8-4-7-19-15)11-14-10-16(21-3)5-6-17(14)18/h5-6,10,13,15,19H,4,7-9,11-12H2,1-3H3. The summed E-state index contributed by atoms with van der Waals surface area (Å²) in [5.41, 5.74) is 1.31. The number of ether oxygens (including phenoxy) is 1. The molecule has 1 atom stereocenters. The molecule has 0 amide bonds. The quantitative estimate of drug-likeness (QED) is 0.872. The molecule has 1 N–H and O–H groups in total. The van der Waals surface area contributed by atoms with Crippen LogP contribution < -0.4 is 10.1 Å². The van der Waals surface area contributed by atoms with Crippen LogP contribution in [0.2, 0.25) is 0 Å². The van der Waals surface area contributed by atoms with E-state index in [2.05, 4.69) is 52.1 Å². The van der Waals surface area contributed by atoms with Gasteiger partial charge in [-0.25, -0.2) is 0 Å². The van der Waals surface area contributed by atoms with Crippen molar-refractivity contribution in [2.24, 2.45) is 5.92 Å². The molecule has 1 unspecified atom stereocenters. The maximum absolute atomic E-state index is 5.35. The van der Waals surface area contributed by atoms with Crippen LogP contribution in [0.25, 0.3) is 0 Å². The first-order valence-corrected chi connectivity index (χ1v) is 8.66. The van der Waals surface area contributed by atoms with Crippen LogP contribution >= 0.6 is 15.9 Å². The Morgan fingerprint density at radius 3 is 2.95 bits per heavy atom. The van der Waals surface area contributed by atoms with Gasteiger partial charge in [-0.15, -0.1) is 0 Å². The summed E-state index contributed by atoms with van der Waals surface area (Å²) in [6.45, 7) is 9.00. The van der Waals surface area contributed by atoms with Crippen LogP contribution in [0.4, 0.5) is 0 Å². The molecule has 1 aliphatic heterocycles. The van der Waals surface area contributed by atoms with Gasteiger partial charge in [0.15, 0.2) is 0 Å². The molecular weight excluding hydrogens is 328 g/mol. The van der Waals surface area contributed by atoms with Gasteiger partial charge in [0.25, 0.3) is 0 Å². The van der Waals surface area contributed by atoms with Crippen molar-refractivity contribution in [3.8, 4) is 5.75 Å². The van der Waals surface area contributed by atoms with Crippen LogP contribution in [0.3, 0.4) is 0 Å². The fourth-order valence-corrected chi connectivity index (χ4v) is 3.36. The Morgan fingerprint density at radius 2 is 2.24 bits per heavy atom. The summed E-state index contributed by atoms with van der Waals surface area (Å²) in [6, 6.07) is 6.83. The molecule has 1 heterocycles. The van der Waals surface area contributed by atoms with Crippen LogP contribution in [0.5, 0.6) is 5.75 Å². The van der Waals surface area contributed by atoms with E-state index in [1.807, 2.05) is 6.07 Å². The molecule has 0 radical (unpaired) electrons. The van der Waals surface area contributed by atoms with Gasteiger partial charge < -0.3 is 10.1 Å². The Balaban J connectivity index is 2.03. The molecule has 3 nitrogen and oxygen atoms in total. The van der Waals surface area contributed by atoms with E-state index in [4.69, 9.17) is 4.74 Å². The maximum Gasteiger partial charge on any atom is 0.119 e. The lowest BCUT2D eigenvalue weighted by molar-refractivity contribution is 0.247. The zero-order valence-electron chi connectivity index (χ0n) is 13.4. The van der Waals surface area contributed by atoms with Gasteiger partial charge in [0.2, 0.25) is 0 Å². The molecule has 4 heteroatoms. The average Bonchev–Trinajstić information content (AvgIpc) is 2.66. The Morgan fingerprint density at radius 1 is 1.43 bits per heavy atom. The molecule has 0 spiro atoms. The summed E-state index contributed by atoms with van der Waals surface area (Å²) < 4.78 is 6.51. The van der Waals surface area contributed by atoms with Crippen molar-refractivity contribution in [3.63, 3.8) is 0 Å². The second-order valence-corrected chi connectivity index (χ2v) is 7.18. The van der Waals surface area contributed by atoms with Gasteiger partial charge in [-0.1, -0.05) is 29.8 Å². The summed E-state index contributed by atoms with van der Waals surface area (Å²) in [4.78, 5) is 2.56. The number of hydrogen-bond acceptors (Lipinski definition) is 3. The largest absolute Gasteiger partial charge is 0.497 e. The van der Waals surface area contributed by atoms with Crippen LogP contribution in [0, 0.1) is 5.92 Å². The molecule has 0 saturated carbocycles. The second-order valence-electron chi connectivity index (χ2n) is 6.33. The molecule has 0 aromatic heterocycles. The minimum absolute atomic E-state index is 0.608. The van der Waals surface area contributed by atoms with Gasteiger partial charge in [-0.3, -0.25) is 4.90 Å². The third-order valence-electron chi connectivity index (χ3n) is 3.97. The molecule has 1 aliphatic rings. The first-order valence-electron chi connectivity index (χ1n) is 7.86. The zero-order valence-corrected chi connectivity index (χ0v) is 14.9. The zero-order chi connectivity index (χ0) is 15.2. The fraction of sp³-hybridized carbons (Fsp3) is 0.647. The predicted octanol–water partition coefficient (Wildman–Crippen LogP) is 3.67. The molecular formula is C17H27BrN2O. The van der Waals surface area contributed by atoms with E-state index in [1.165, 1.54) is 22.9 Å². The van der Waals surface area contributed by atoms with Gasteiger partial charge in [0.05, 0.1) is 7.11 Å². The molecule has 118 valence electrons. The third kappa shape index (κ3) is 5.28. The average molecular weight is 355 g/mol. The van der Waals surface area contributed by atoms with Gasteiger partial charge in [0, 0.05) is 23.6 Å². The Bertz CT molecular complexity index is 450. The SMILES string of the molecule is COc1ccc(Br)c(CN2CCCNC(CC(C)C)C2)c1. The highest BCUT2D eigenvalue weighted by Gasteiger charge is 2.19. The summed E-state index contributed by atoms with van der Waals surface area (Å²) in [7, 11) is 1.72. The van der Waals surface area contributed by atoms with Gasteiger partial charge in [0.1, 0.15) is 5.75 Å². The molecule has 1 aromatic rings. The van der Waals surface area contributed by atoms with Crippen LogP contribution in [-0.2, 0) is 6.54 Å². The van der Waals surface area contributed by atoms with E-state index in [1.54, 1.807) is 7.11 Å². The van der Waals surface area contributed by atoms with Crippen molar-refractivity contribution in [3.05, 3.63) is 28.2 Å². The highest BCUT2D eigenvalue weighted by Crippen LogP contribution is 2.24. The fourth-order valence-electron chi connectivity index (χ4n) is 2.99. The highest BCUT2D eigenvalue weighted by atomic mass is 79.9. The van der Waals surface area contributed by atoms with Crippen molar-refractivity contribution in [1.29, 1.82) is 0 Å². The number of halogens is 1. The van der Waals surface area contributed by atoms with Gasteiger partial charge >= 0.3 is 0 Å². The van der Waals surface area contributed by atoms with E-state index in [0.29, 0.717) is 6.04 Å². The van der Waals surface area contributed by atoms with E-state index < -0.39 is 0 Å². The smallest absolute Gasteiger partial charge is 0.119 e. The van der Waals surface area contributed by atoms with E-state index in [-0.39, 0.29) is 0 Å². The van der Waals surface area contributed by atoms with Gasteiger partial charge in [-0.05, 0) is 55.6 Å². The molecule has 1 fully saturated rings. The van der Waals surface area contributed by atoms with Crippen LogP contribution in [0.1, 0.15) is 32.3 Å². The topological polar surface area (TPSA) is 24.5 Å². The Hall–Kier alpha value is -0.580. The minimum atomic E-state index is 0.608. The number of nitrogens with one attached hydrogen (secondary N) is 1. The summed E-state index contributed by atoms with van der Waals surface area (Å²) in [5, 5.41) is 3.69. The predicted molar refractivity (Wildman–Crippen MR) is 91.8 cm³/mol. The number of benzene rings is 1. The Labute approximate surface area is 137 Å². The van der Waals surface area contributed by atoms with Crippen LogP contribution in [-0.4, -0.2) is 37.7 Å². The molecule has 0 aliphatic carbocycles. The summed E-state index contributed by atoms with van der Waals surface area (Å²) in [5.74, 6) is 1.67. The lowest BCUT2D eigenvalue weighted by atomic mass is 10.0. The number of methoxy groups -OCH3 is 1. The first-order chi connectivity index (χ1) is 10.1. The lowest BCUT2D eigenvalue weighted by Gasteiger charge is -2.26. The molecule has 1 aromatic carbocycles. The number of hydrogen-bond donors (Lipinski definition) is 1. The van der Waals surface area contributed by atoms with E-state index >= 15 is 0 Å². The van der Waals surface area contributed by atoms with Crippen molar-refractivity contribution in [2.75, 3.05) is 26.7 Å². The number of rotatable bonds is 5. The number of nitrogens with zero attached hydrogens (tertiary/aromatic N) is 1. The minimum Gasteiger partial charge on any atom is -0.497 e. The first kappa shape index (κ1) is 16.8.